The molecule has 2 aromatic rings. The summed E-state index contributed by atoms with van der Waals surface area (Å²) in [6, 6.07) is 9.64. The van der Waals surface area contributed by atoms with Gasteiger partial charge in [-0.15, -0.1) is 0 Å². The molecule has 2 heterocycles. The van der Waals surface area contributed by atoms with Crippen LogP contribution in [0.4, 0.5) is 11.5 Å². The van der Waals surface area contributed by atoms with Gasteiger partial charge in [-0.3, -0.25) is 4.98 Å². The van der Waals surface area contributed by atoms with E-state index in [9.17, 15) is 5.26 Å². The number of anilines is 2. The summed E-state index contributed by atoms with van der Waals surface area (Å²) in [5, 5.41) is 19.9. The van der Waals surface area contributed by atoms with Gasteiger partial charge in [-0.05, 0) is 57.6 Å². The number of nitriles is 1. The molecule has 8 nitrogen and oxygen atoms in total. The first-order valence-corrected chi connectivity index (χ1v) is 11.5. The van der Waals surface area contributed by atoms with E-state index in [1.165, 1.54) is 0 Å². The molecule has 170 valence electrons. The first-order valence-electron chi connectivity index (χ1n) is 11.5. The second-order valence-corrected chi connectivity index (χ2v) is 9.18. The fourth-order valence-corrected chi connectivity index (χ4v) is 4.32. The average Bonchev–Trinajstić information content (AvgIpc) is 3.60. The summed E-state index contributed by atoms with van der Waals surface area (Å²) in [6.07, 6.45) is 9.81. The molecular weight excluding hydrogens is 402 g/mol. The zero-order valence-electron chi connectivity index (χ0n) is 19.0. The normalized spacial score (nSPS) is 22.5. The van der Waals surface area contributed by atoms with E-state index in [0.717, 1.165) is 68.0 Å². The van der Waals surface area contributed by atoms with Crippen molar-refractivity contribution in [1.29, 1.82) is 5.26 Å². The number of hydrogen-bond acceptors (Lipinski definition) is 8. The summed E-state index contributed by atoms with van der Waals surface area (Å²) in [6.45, 7) is 3.58. The van der Waals surface area contributed by atoms with Crippen LogP contribution in [0.1, 0.15) is 45.4 Å². The van der Waals surface area contributed by atoms with E-state index in [1.807, 2.05) is 18.2 Å². The SMILES string of the molecule is COCC(C)NC1CCC(Nc2cc(-c3cc(NCC4(C#N)CC4)ccn3)ncn2)CC1. The van der Waals surface area contributed by atoms with Crippen molar-refractivity contribution in [2.45, 2.75) is 63.6 Å². The lowest BCUT2D eigenvalue weighted by atomic mass is 9.90. The lowest BCUT2D eigenvalue weighted by molar-refractivity contribution is 0.161. The fourth-order valence-electron chi connectivity index (χ4n) is 4.32. The lowest BCUT2D eigenvalue weighted by Crippen LogP contribution is -2.42. The van der Waals surface area contributed by atoms with Gasteiger partial charge in [0, 0.05) is 49.7 Å². The van der Waals surface area contributed by atoms with Crippen molar-refractivity contribution in [3.8, 4) is 17.5 Å². The van der Waals surface area contributed by atoms with Crippen molar-refractivity contribution < 1.29 is 4.74 Å². The molecular formula is C24H33N7O. The Bertz CT molecular complexity index is 932. The van der Waals surface area contributed by atoms with Gasteiger partial charge < -0.3 is 20.7 Å². The van der Waals surface area contributed by atoms with Crippen LogP contribution in [0.3, 0.4) is 0 Å². The summed E-state index contributed by atoms with van der Waals surface area (Å²) in [4.78, 5) is 13.3. The maximum atomic E-state index is 9.27. The minimum absolute atomic E-state index is 0.189. The molecule has 0 aromatic carbocycles. The van der Waals surface area contributed by atoms with Gasteiger partial charge in [0.05, 0.1) is 29.5 Å². The van der Waals surface area contributed by atoms with Crippen LogP contribution in [0.2, 0.25) is 0 Å². The number of nitrogens with one attached hydrogen (secondary N) is 3. The molecule has 3 N–H and O–H groups in total. The molecule has 0 radical (unpaired) electrons. The summed E-state index contributed by atoms with van der Waals surface area (Å²) in [5.41, 5.74) is 2.35. The Morgan fingerprint density at radius 1 is 1.12 bits per heavy atom. The van der Waals surface area contributed by atoms with Crippen molar-refractivity contribution in [1.82, 2.24) is 20.3 Å². The molecule has 1 unspecified atom stereocenters. The largest absolute Gasteiger partial charge is 0.383 e. The van der Waals surface area contributed by atoms with Crippen molar-refractivity contribution in [3.63, 3.8) is 0 Å². The molecule has 2 saturated carbocycles. The van der Waals surface area contributed by atoms with Crippen LogP contribution in [0, 0.1) is 16.7 Å². The second kappa shape index (κ2) is 10.2. The highest BCUT2D eigenvalue weighted by atomic mass is 16.5. The van der Waals surface area contributed by atoms with Crippen molar-refractivity contribution in [2.24, 2.45) is 5.41 Å². The molecule has 2 aliphatic rings. The van der Waals surface area contributed by atoms with Crippen molar-refractivity contribution >= 4 is 11.5 Å². The molecule has 2 fully saturated rings. The average molecular weight is 436 g/mol. The summed E-state index contributed by atoms with van der Waals surface area (Å²) in [5.74, 6) is 0.834. The monoisotopic (exact) mass is 435 g/mol. The Kier molecular flexibility index (Phi) is 7.18. The van der Waals surface area contributed by atoms with Gasteiger partial charge >= 0.3 is 0 Å². The third-order valence-corrected chi connectivity index (χ3v) is 6.43. The Morgan fingerprint density at radius 2 is 1.88 bits per heavy atom. The third kappa shape index (κ3) is 5.93. The molecule has 0 bridgehead atoms. The molecule has 32 heavy (non-hydrogen) atoms. The van der Waals surface area contributed by atoms with E-state index >= 15 is 0 Å². The van der Waals surface area contributed by atoms with E-state index < -0.39 is 0 Å². The van der Waals surface area contributed by atoms with Gasteiger partial charge in [0.15, 0.2) is 0 Å². The van der Waals surface area contributed by atoms with Crippen molar-refractivity contribution in [3.05, 3.63) is 30.7 Å². The van der Waals surface area contributed by atoms with Gasteiger partial charge in [-0.2, -0.15) is 5.26 Å². The molecule has 2 aromatic heterocycles. The number of pyridine rings is 1. The minimum Gasteiger partial charge on any atom is -0.383 e. The number of aromatic nitrogens is 3. The zero-order chi connectivity index (χ0) is 22.4. The zero-order valence-corrected chi connectivity index (χ0v) is 19.0. The fraction of sp³-hybridized carbons (Fsp3) is 0.583. The smallest absolute Gasteiger partial charge is 0.130 e. The Morgan fingerprint density at radius 3 is 2.59 bits per heavy atom. The van der Waals surface area contributed by atoms with E-state index in [0.29, 0.717) is 24.7 Å². The molecule has 0 spiro atoms. The summed E-state index contributed by atoms with van der Waals surface area (Å²) in [7, 11) is 1.75. The minimum atomic E-state index is -0.189. The van der Waals surface area contributed by atoms with Gasteiger partial charge in [-0.1, -0.05) is 0 Å². The maximum Gasteiger partial charge on any atom is 0.130 e. The highest BCUT2D eigenvalue weighted by Gasteiger charge is 2.42. The van der Waals surface area contributed by atoms with E-state index in [1.54, 1.807) is 19.6 Å². The van der Waals surface area contributed by atoms with Gasteiger partial charge in [0.2, 0.25) is 0 Å². The number of rotatable bonds is 10. The highest BCUT2D eigenvalue weighted by molar-refractivity contribution is 5.63. The van der Waals surface area contributed by atoms with E-state index in [-0.39, 0.29) is 5.41 Å². The lowest BCUT2D eigenvalue weighted by Gasteiger charge is -2.31. The molecule has 1 atom stereocenters. The second-order valence-electron chi connectivity index (χ2n) is 9.18. The topological polar surface area (TPSA) is 108 Å². The number of nitrogens with zero attached hydrogens (tertiary/aromatic N) is 4. The van der Waals surface area contributed by atoms with Crippen LogP contribution in [-0.4, -0.2) is 53.3 Å². The van der Waals surface area contributed by atoms with E-state index in [4.69, 9.17) is 4.74 Å². The Hall–Kier alpha value is -2.76. The third-order valence-electron chi connectivity index (χ3n) is 6.43. The van der Waals surface area contributed by atoms with Crippen LogP contribution >= 0.6 is 0 Å². The van der Waals surface area contributed by atoms with E-state index in [2.05, 4.69) is 43.9 Å². The maximum absolute atomic E-state index is 9.27. The van der Waals surface area contributed by atoms with Gasteiger partial charge in [0.25, 0.3) is 0 Å². The van der Waals surface area contributed by atoms with Crippen molar-refractivity contribution in [2.75, 3.05) is 30.9 Å². The molecule has 8 heteroatoms. The number of methoxy groups -OCH3 is 1. The van der Waals surface area contributed by atoms with Gasteiger partial charge in [0.1, 0.15) is 12.1 Å². The van der Waals surface area contributed by atoms with Crippen LogP contribution in [0.15, 0.2) is 30.7 Å². The van der Waals surface area contributed by atoms with Crippen LogP contribution in [0.25, 0.3) is 11.4 Å². The predicted molar refractivity (Wildman–Crippen MR) is 125 cm³/mol. The molecule has 0 aliphatic heterocycles. The Labute approximate surface area is 190 Å². The molecule has 0 saturated heterocycles. The summed E-state index contributed by atoms with van der Waals surface area (Å²) < 4.78 is 5.23. The first kappa shape index (κ1) is 22.4. The van der Waals surface area contributed by atoms with Gasteiger partial charge in [-0.25, -0.2) is 9.97 Å². The van der Waals surface area contributed by atoms with Crippen LogP contribution < -0.4 is 16.0 Å². The quantitative estimate of drug-likeness (QED) is 0.520. The number of hydrogen-bond donors (Lipinski definition) is 3. The predicted octanol–water partition coefficient (Wildman–Crippen LogP) is 3.60. The standard InChI is InChI=1S/C24H33N7O/c1-17(13-32-2)30-18-3-5-19(6-4-18)31-23-12-22(28-16-29-23)21-11-20(7-10-26-21)27-15-24(14-25)8-9-24/h7,10-12,16-19,30H,3-6,8-9,13,15H2,1-2H3,(H,26,27)(H,28,29,31). The first-order chi connectivity index (χ1) is 15.6. The number of ether oxygens (including phenoxy) is 1. The Balaban J connectivity index is 1.32. The molecule has 2 aliphatic carbocycles. The molecule has 4 rings (SSSR count). The van der Waals surface area contributed by atoms with Crippen LogP contribution in [-0.2, 0) is 4.74 Å². The summed E-state index contributed by atoms with van der Waals surface area (Å²) >= 11 is 0. The van der Waals surface area contributed by atoms with Crippen LogP contribution in [0.5, 0.6) is 0 Å². The highest BCUT2D eigenvalue weighted by Crippen LogP contribution is 2.44. The molecule has 0 amide bonds.